The largest absolute Gasteiger partial charge is 0.493 e. The fourth-order valence-electron chi connectivity index (χ4n) is 3.26. The first kappa shape index (κ1) is 21.6. The molecule has 0 aliphatic heterocycles. The second-order valence-corrected chi connectivity index (χ2v) is 6.89. The molecule has 1 aromatic heterocycles. The molecule has 0 N–H and O–H groups in total. The van der Waals surface area contributed by atoms with Gasteiger partial charge in [0.1, 0.15) is 0 Å². The number of pyridine rings is 1. The molecular weight excluding hydrogens is 393 g/mol. The van der Waals surface area contributed by atoms with Crippen molar-refractivity contribution in [2.75, 3.05) is 14.2 Å². The van der Waals surface area contributed by atoms with Gasteiger partial charge in [-0.05, 0) is 47.0 Å². The van der Waals surface area contributed by atoms with Crippen LogP contribution in [0.2, 0.25) is 0 Å². The van der Waals surface area contributed by atoms with Crippen LogP contribution >= 0.6 is 0 Å². The molecule has 0 aliphatic carbocycles. The van der Waals surface area contributed by atoms with E-state index < -0.39 is 11.7 Å². The summed E-state index contributed by atoms with van der Waals surface area (Å²) in [6, 6.07) is 14.9. The van der Waals surface area contributed by atoms with Gasteiger partial charge in [0.05, 0.1) is 19.8 Å². The van der Waals surface area contributed by atoms with E-state index in [1.807, 2.05) is 30.3 Å². The molecule has 0 saturated heterocycles. The van der Waals surface area contributed by atoms with Crippen molar-refractivity contribution in [3.63, 3.8) is 0 Å². The molecule has 3 rings (SSSR count). The number of rotatable bonds is 8. The fourth-order valence-corrected chi connectivity index (χ4v) is 3.26. The number of methoxy groups -OCH3 is 2. The normalized spacial score (nSPS) is 11.5. The average molecular weight is 416 g/mol. The maximum Gasteiger partial charge on any atom is 0.416 e. The van der Waals surface area contributed by atoms with E-state index in [-0.39, 0.29) is 0 Å². The van der Waals surface area contributed by atoms with Crippen LogP contribution in [0, 0.1) is 0 Å². The summed E-state index contributed by atoms with van der Waals surface area (Å²) in [6.07, 6.45) is -0.961. The van der Waals surface area contributed by atoms with Crippen LogP contribution in [0.3, 0.4) is 0 Å². The van der Waals surface area contributed by atoms with Crippen LogP contribution in [0.15, 0.2) is 67.0 Å². The third-order valence-corrected chi connectivity index (χ3v) is 4.67. The second kappa shape index (κ2) is 9.63. The molecule has 1 heterocycles. The van der Waals surface area contributed by atoms with E-state index in [9.17, 15) is 13.2 Å². The lowest BCUT2D eigenvalue weighted by Gasteiger charge is -2.24. The Morgan fingerprint density at radius 2 is 1.40 bits per heavy atom. The highest BCUT2D eigenvalue weighted by atomic mass is 19.4. The predicted molar refractivity (Wildman–Crippen MR) is 108 cm³/mol. The van der Waals surface area contributed by atoms with Gasteiger partial charge in [-0.3, -0.25) is 9.88 Å². The molecule has 4 nitrogen and oxygen atoms in total. The van der Waals surface area contributed by atoms with E-state index in [4.69, 9.17) is 9.47 Å². The Morgan fingerprint density at radius 1 is 0.767 bits per heavy atom. The van der Waals surface area contributed by atoms with Crippen LogP contribution < -0.4 is 9.47 Å². The molecule has 30 heavy (non-hydrogen) atoms. The molecule has 0 aliphatic rings. The summed E-state index contributed by atoms with van der Waals surface area (Å²) < 4.78 is 50.0. The summed E-state index contributed by atoms with van der Waals surface area (Å²) >= 11 is 0. The first-order chi connectivity index (χ1) is 14.4. The molecule has 2 aromatic carbocycles. The van der Waals surface area contributed by atoms with E-state index in [2.05, 4.69) is 9.88 Å². The van der Waals surface area contributed by atoms with Gasteiger partial charge >= 0.3 is 6.18 Å². The monoisotopic (exact) mass is 416 g/mol. The molecule has 0 saturated carbocycles. The topological polar surface area (TPSA) is 34.6 Å². The quantitative estimate of drug-likeness (QED) is 0.498. The lowest BCUT2D eigenvalue weighted by molar-refractivity contribution is -0.137. The minimum Gasteiger partial charge on any atom is -0.493 e. The van der Waals surface area contributed by atoms with Gasteiger partial charge in [0.25, 0.3) is 0 Å². The van der Waals surface area contributed by atoms with Crippen molar-refractivity contribution >= 4 is 0 Å². The lowest BCUT2D eigenvalue weighted by Crippen LogP contribution is -2.22. The fraction of sp³-hybridized carbons (Fsp3) is 0.261. The molecule has 0 spiro atoms. The summed E-state index contributed by atoms with van der Waals surface area (Å²) in [4.78, 5) is 6.10. The van der Waals surface area contributed by atoms with Gasteiger partial charge in [0.15, 0.2) is 11.5 Å². The highest BCUT2D eigenvalue weighted by molar-refractivity contribution is 5.43. The zero-order chi connectivity index (χ0) is 21.6. The maximum absolute atomic E-state index is 13.1. The number of aromatic nitrogens is 1. The Bertz CT molecular complexity index is 962. The van der Waals surface area contributed by atoms with Crippen LogP contribution in [0.5, 0.6) is 11.5 Å². The minimum absolute atomic E-state index is 0.362. The molecule has 3 aromatic rings. The van der Waals surface area contributed by atoms with E-state index in [1.54, 1.807) is 32.7 Å². The van der Waals surface area contributed by atoms with Crippen molar-refractivity contribution in [1.29, 1.82) is 0 Å². The maximum atomic E-state index is 13.1. The minimum atomic E-state index is -4.37. The van der Waals surface area contributed by atoms with Crippen molar-refractivity contribution < 1.29 is 22.6 Å². The Balaban J connectivity index is 1.86. The number of benzene rings is 2. The van der Waals surface area contributed by atoms with Crippen molar-refractivity contribution in [2.45, 2.75) is 25.8 Å². The van der Waals surface area contributed by atoms with Gasteiger partial charge < -0.3 is 9.47 Å². The standard InChI is InChI=1S/C23H23F3N2O2/c1-29-21-7-6-19(13-22(21)30-2)16-28(14-17-8-10-27-11-9-17)15-18-4-3-5-20(12-18)23(24,25)26/h3-13H,14-16H2,1-2H3. The van der Waals surface area contributed by atoms with Crippen molar-refractivity contribution in [2.24, 2.45) is 0 Å². The summed E-state index contributed by atoms with van der Waals surface area (Å²) in [5, 5.41) is 0. The molecule has 0 amide bonds. The first-order valence-corrected chi connectivity index (χ1v) is 9.37. The van der Waals surface area contributed by atoms with Crippen LogP contribution in [-0.4, -0.2) is 24.1 Å². The van der Waals surface area contributed by atoms with Gasteiger partial charge in [-0.25, -0.2) is 0 Å². The van der Waals surface area contributed by atoms with E-state index in [0.29, 0.717) is 36.7 Å². The molecule has 0 fully saturated rings. The Kier molecular flexibility index (Phi) is 6.95. The number of hydrogen-bond donors (Lipinski definition) is 0. The predicted octanol–water partition coefficient (Wildman–Crippen LogP) is 5.32. The van der Waals surface area contributed by atoms with Gasteiger partial charge in [0, 0.05) is 32.0 Å². The third-order valence-electron chi connectivity index (χ3n) is 4.67. The Labute approximate surface area is 173 Å². The summed E-state index contributed by atoms with van der Waals surface area (Å²) in [5.41, 5.74) is 1.94. The van der Waals surface area contributed by atoms with Gasteiger partial charge in [-0.2, -0.15) is 13.2 Å². The van der Waals surface area contributed by atoms with Crippen LogP contribution in [-0.2, 0) is 25.8 Å². The Morgan fingerprint density at radius 3 is 2.03 bits per heavy atom. The molecule has 0 unspecified atom stereocenters. The molecule has 0 bridgehead atoms. The van der Waals surface area contributed by atoms with Crippen molar-refractivity contribution in [3.05, 3.63) is 89.2 Å². The first-order valence-electron chi connectivity index (χ1n) is 9.37. The number of halogens is 3. The van der Waals surface area contributed by atoms with E-state index >= 15 is 0 Å². The van der Waals surface area contributed by atoms with E-state index in [0.717, 1.165) is 17.2 Å². The van der Waals surface area contributed by atoms with Crippen molar-refractivity contribution in [1.82, 2.24) is 9.88 Å². The van der Waals surface area contributed by atoms with Crippen LogP contribution in [0.1, 0.15) is 22.3 Å². The Hall–Kier alpha value is -3.06. The van der Waals surface area contributed by atoms with E-state index in [1.165, 1.54) is 12.1 Å². The highest BCUT2D eigenvalue weighted by Crippen LogP contribution is 2.31. The number of alkyl halides is 3. The smallest absolute Gasteiger partial charge is 0.416 e. The third kappa shape index (κ3) is 5.73. The SMILES string of the molecule is COc1ccc(CN(Cc2ccncc2)Cc2cccc(C(F)(F)F)c2)cc1OC. The van der Waals surface area contributed by atoms with Crippen LogP contribution in [0.25, 0.3) is 0 Å². The molecular formula is C23H23F3N2O2. The zero-order valence-electron chi connectivity index (χ0n) is 16.8. The van der Waals surface area contributed by atoms with Gasteiger partial charge in [-0.15, -0.1) is 0 Å². The summed E-state index contributed by atoms with van der Waals surface area (Å²) in [5.74, 6) is 1.23. The average Bonchev–Trinajstić information content (AvgIpc) is 2.74. The summed E-state index contributed by atoms with van der Waals surface area (Å²) in [7, 11) is 3.14. The second-order valence-electron chi connectivity index (χ2n) is 6.89. The molecule has 0 radical (unpaired) electrons. The number of hydrogen-bond acceptors (Lipinski definition) is 4. The van der Waals surface area contributed by atoms with Gasteiger partial charge in [-0.1, -0.05) is 24.3 Å². The molecule has 7 heteroatoms. The number of nitrogens with zero attached hydrogens (tertiary/aromatic N) is 2. The number of ether oxygens (including phenoxy) is 2. The zero-order valence-corrected chi connectivity index (χ0v) is 16.8. The lowest BCUT2D eigenvalue weighted by atomic mass is 10.1. The van der Waals surface area contributed by atoms with Crippen LogP contribution in [0.4, 0.5) is 13.2 Å². The van der Waals surface area contributed by atoms with Crippen molar-refractivity contribution in [3.8, 4) is 11.5 Å². The highest BCUT2D eigenvalue weighted by Gasteiger charge is 2.30. The summed E-state index contributed by atoms with van der Waals surface area (Å²) in [6.45, 7) is 1.45. The molecule has 0 atom stereocenters. The molecule has 158 valence electrons. The van der Waals surface area contributed by atoms with Gasteiger partial charge in [0.2, 0.25) is 0 Å².